The zero-order valence-corrected chi connectivity index (χ0v) is 7.79. The summed E-state index contributed by atoms with van der Waals surface area (Å²) in [5.41, 5.74) is 1.74. The third kappa shape index (κ3) is 1.40. The summed E-state index contributed by atoms with van der Waals surface area (Å²) in [7, 11) is 0. The van der Waals surface area contributed by atoms with Crippen LogP contribution >= 0.6 is 0 Å². The molecule has 14 heavy (non-hydrogen) atoms. The minimum Gasteiger partial charge on any atom is -0.361 e. The second kappa shape index (κ2) is 3.39. The van der Waals surface area contributed by atoms with E-state index in [2.05, 4.69) is 16.8 Å². The molecule has 0 aliphatic carbocycles. The van der Waals surface area contributed by atoms with Crippen molar-refractivity contribution in [3.63, 3.8) is 0 Å². The monoisotopic (exact) mass is 183 g/mol. The van der Waals surface area contributed by atoms with Crippen LogP contribution < -0.4 is 5.43 Å². The van der Waals surface area contributed by atoms with E-state index in [1.165, 1.54) is 6.07 Å². The van der Waals surface area contributed by atoms with Crippen molar-refractivity contribution in [1.82, 2.24) is 4.98 Å². The second-order valence-electron chi connectivity index (χ2n) is 2.98. The van der Waals surface area contributed by atoms with Gasteiger partial charge in [-0.25, -0.2) is 0 Å². The van der Waals surface area contributed by atoms with E-state index in [4.69, 9.17) is 0 Å². The Bertz CT molecular complexity index is 584. The van der Waals surface area contributed by atoms with Gasteiger partial charge in [-0.05, 0) is 25.1 Å². The van der Waals surface area contributed by atoms with Crippen molar-refractivity contribution in [3.8, 4) is 11.8 Å². The summed E-state index contributed by atoms with van der Waals surface area (Å²) in [6, 6.07) is 7.10. The molecule has 0 atom stereocenters. The van der Waals surface area contributed by atoms with Gasteiger partial charge < -0.3 is 4.98 Å². The zero-order chi connectivity index (χ0) is 9.97. The van der Waals surface area contributed by atoms with Gasteiger partial charge in [0.1, 0.15) is 0 Å². The Labute approximate surface area is 81.6 Å². The van der Waals surface area contributed by atoms with Gasteiger partial charge in [0.15, 0.2) is 5.43 Å². The molecule has 1 aromatic heterocycles. The summed E-state index contributed by atoms with van der Waals surface area (Å²) < 4.78 is 0. The van der Waals surface area contributed by atoms with Gasteiger partial charge in [-0.15, -0.1) is 5.92 Å². The zero-order valence-electron chi connectivity index (χ0n) is 7.79. The number of fused-ring (bicyclic) bond motifs is 1. The number of rotatable bonds is 0. The number of hydrogen-bond acceptors (Lipinski definition) is 1. The number of nitrogens with one attached hydrogen (secondary N) is 1. The maximum atomic E-state index is 11.5. The second-order valence-corrected chi connectivity index (χ2v) is 2.98. The van der Waals surface area contributed by atoms with Gasteiger partial charge in [0.2, 0.25) is 0 Å². The van der Waals surface area contributed by atoms with Gasteiger partial charge in [-0.1, -0.05) is 5.92 Å². The van der Waals surface area contributed by atoms with Crippen LogP contribution in [0.4, 0.5) is 0 Å². The Kier molecular flexibility index (Phi) is 2.08. The third-order valence-corrected chi connectivity index (χ3v) is 2.03. The first kappa shape index (κ1) is 8.58. The first-order chi connectivity index (χ1) is 6.81. The maximum absolute atomic E-state index is 11.5. The average molecular weight is 183 g/mol. The molecule has 0 fully saturated rings. The molecule has 0 saturated heterocycles. The molecule has 1 N–H and O–H groups in total. The molecule has 2 rings (SSSR count). The highest BCUT2D eigenvalue weighted by molar-refractivity contribution is 5.79. The van der Waals surface area contributed by atoms with Crippen molar-refractivity contribution in [2.45, 2.75) is 6.92 Å². The highest BCUT2D eigenvalue weighted by atomic mass is 16.1. The summed E-state index contributed by atoms with van der Waals surface area (Å²) in [5, 5.41) is 0.688. The van der Waals surface area contributed by atoms with Crippen LogP contribution in [0.3, 0.4) is 0 Å². The van der Waals surface area contributed by atoms with Crippen molar-refractivity contribution < 1.29 is 0 Å². The molecule has 2 nitrogen and oxygen atoms in total. The Morgan fingerprint density at radius 3 is 2.93 bits per heavy atom. The summed E-state index contributed by atoms with van der Waals surface area (Å²) >= 11 is 0. The number of pyridine rings is 1. The fourth-order valence-corrected chi connectivity index (χ4v) is 1.39. The molecule has 68 valence electrons. The summed E-state index contributed by atoms with van der Waals surface area (Å²) in [6.07, 6.45) is 1.65. The fourth-order valence-electron chi connectivity index (χ4n) is 1.39. The van der Waals surface area contributed by atoms with E-state index in [0.29, 0.717) is 5.39 Å². The van der Waals surface area contributed by atoms with E-state index >= 15 is 0 Å². The minimum atomic E-state index is 0.0264. The van der Waals surface area contributed by atoms with E-state index in [1.807, 2.05) is 18.2 Å². The Morgan fingerprint density at radius 1 is 1.29 bits per heavy atom. The van der Waals surface area contributed by atoms with Crippen LogP contribution in [-0.4, -0.2) is 4.98 Å². The predicted molar refractivity (Wildman–Crippen MR) is 57.1 cm³/mol. The van der Waals surface area contributed by atoms with Crippen LogP contribution in [0.2, 0.25) is 0 Å². The number of hydrogen-bond donors (Lipinski definition) is 1. The Morgan fingerprint density at radius 2 is 2.14 bits per heavy atom. The Hall–Kier alpha value is -2.01. The van der Waals surface area contributed by atoms with Crippen molar-refractivity contribution in [2.24, 2.45) is 0 Å². The molecule has 0 radical (unpaired) electrons. The molecule has 0 bridgehead atoms. The lowest BCUT2D eigenvalue weighted by Crippen LogP contribution is -1.99. The summed E-state index contributed by atoms with van der Waals surface area (Å²) in [5.74, 6) is 5.73. The van der Waals surface area contributed by atoms with Crippen molar-refractivity contribution in [3.05, 3.63) is 46.2 Å². The van der Waals surface area contributed by atoms with Gasteiger partial charge in [0, 0.05) is 28.7 Å². The third-order valence-electron chi connectivity index (χ3n) is 2.03. The molecule has 0 spiro atoms. The highest BCUT2D eigenvalue weighted by Gasteiger charge is 1.97. The van der Waals surface area contributed by atoms with Crippen LogP contribution in [0.15, 0.2) is 35.3 Å². The quantitative estimate of drug-likeness (QED) is 0.622. The SMILES string of the molecule is CC#Cc1ccc2[nH]ccc(=O)c2c1. The lowest BCUT2D eigenvalue weighted by Gasteiger charge is -1.96. The molecule has 1 aromatic carbocycles. The van der Waals surface area contributed by atoms with Crippen LogP contribution in [0.5, 0.6) is 0 Å². The van der Waals surface area contributed by atoms with Gasteiger partial charge >= 0.3 is 0 Å². The normalized spacial score (nSPS) is 9.50. The average Bonchev–Trinajstić information content (AvgIpc) is 2.20. The van der Waals surface area contributed by atoms with Crippen molar-refractivity contribution >= 4 is 10.9 Å². The molecule has 0 amide bonds. The van der Waals surface area contributed by atoms with E-state index in [1.54, 1.807) is 13.1 Å². The lowest BCUT2D eigenvalue weighted by atomic mass is 10.1. The van der Waals surface area contributed by atoms with Crippen LogP contribution in [0, 0.1) is 11.8 Å². The first-order valence-electron chi connectivity index (χ1n) is 4.35. The smallest absolute Gasteiger partial charge is 0.189 e. The fraction of sp³-hybridized carbons (Fsp3) is 0.0833. The number of benzene rings is 1. The highest BCUT2D eigenvalue weighted by Crippen LogP contribution is 2.08. The van der Waals surface area contributed by atoms with E-state index < -0.39 is 0 Å². The van der Waals surface area contributed by atoms with Gasteiger partial charge in [-0.2, -0.15) is 0 Å². The summed E-state index contributed by atoms with van der Waals surface area (Å²) in [6.45, 7) is 1.78. The van der Waals surface area contributed by atoms with Crippen molar-refractivity contribution in [1.29, 1.82) is 0 Å². The minimum absolute atomic E-state index is 0.0264. The molecule has 1 heterocycles. The van der Waals surface area contributed by atoms with Crippen LogP contribution in [0.1, 0.15) is 12.5 Å². The van der Waals surface area contributed by atoms with Crippen molar-refractivity contribution in [2.75, 3.05) is 0 Å². The van der Waals surface area contributed by atoms with Gasteiger partial charge in [0.05, 0.1) is 0 Å². The molecular formula is C12H9NO. The van der Waals surface area contributed by atoms with E-state index in [0.717, 1.165) is 11.1 Å². The number of aromatic nitrogens is 1. The first-order valence-corrected chi connectivity index (χ1v) is 4.35. The largest absolute Gasteiger partial charge is 0.361 e. The molecule has 2 heteroatoms. The molecule has 2 aromatic rings. The number of aromatic amines is 1. The molecule has 0 aliphatic heterocycles. The maximum Gasteiger partial charge on any atom is 0.189 e. The van der Waals surface area contributed by atoms with E-state index in [9.17, 15) is 4.79 Å². The molecular weight excluding hydrogens is 174 g/mol. The van der Waals surface area contributed by atoms with E-state index in [-0.39, 0.29) is 5.43 Å². The molecule has 0 saturated carbocycles. The van der Waals surface area contributed by atoms with Crippen LogP contribution in [-0.2, 0) is 0 Å². The molecule has 0 unspecified atom stereocenters. The predicted octanol–water partition coefficient (Wildman–Crippen LogP) is 1.90. The lowest BCUT2D eigenvalue weighted by molar-refractivity contribution is 1.39. The molecule has 0 aliphatic rings. The summed E-state index contributed by atoms with van der Waals surface area (Å²) in [4.78, 5) is 14.5. The van der Waals surface area contributed by atoms with Gasteiger partial charge in [0.25, 0.3) is 0 Å². The standard InChI is InChI=1S/C12H9NO/c1-2-3-9-4-5-11-10(8-9)12(14)6-7-13-11/h4-8H,1H3,(H,13,14). The number of H-pyrrole nitrogens is 1. The van der Waals surface area contributed by atoms with Crippen LogP contribution in [0.25, 0.3) is 10.9 Å². The van der Waals surface area contributed by atoms with Gasteiger partial charge in [-0.3, -0.25) is 4.79 Å². The topological polar surface area (TPSA) is 32.9 Å². The Balaban J connectivity index is 2.80.